The highest BCUT2D eigenvalue weighted by Crippen LogP contribution is 2.37. The van der Waals surface area contributed by atoms with E-state index in [2.05, 4.69) is 5.32 Å². The SMILES string of the molecule is COC(=O)c1c(NC(=O)COC(=O)c2ccc(OC)c(N)c2)sc2c1CCCCC2. The summed E-state index contributed by atoms with van der Waals surface area (Å²) in [5.41, 5.74) is 7.64. The van der Waals surface area contributed by atoms with Gasteiger partial charge in [0.1, 0.15) is 10.8 Å². The number of thiophene rings is 1. The van der Waals surface area contributed by atoms with E-state index in [4.69, 9.17) is 19.9 Å². The summed E-state index contributed by atoms with van der Waals surface area (Å²) in [6, 6.07) is 4.47. The van der Waals surface area contributed by atoms with Gasteiger partial charge >= 0.3 is 11.9 Å². The molecule has 0 radical (unpaired) electrons. The van der Waals surface area contributed by atoms with Gasteiger partial charge in [0, 0.05) is 4.88 Å². The molecule has 30 heavy (non-hydrogen) atoms. The fourth-order valence-corrected chi connectivity index (χ4v) is 4.68. The summed E-state index contributed by atoms with van der Waals surface area (Å²) >= 11 is 1.38. The van der Waals surface area contributed by atoms with Crippen LogP contribution in [0.2, 0.25) is 0 Å². The smallest absolute Gasteiger partial charge is 0.341 e. The van der Waals surface area contributed by atoms with Crippen LogP contribution in [0.25, 0.3) is 0 Å². The molecule has 0 aliphatic heterocycles. The predicted molar refractivity (Wildman–Crippen MR) is 113 cm³/mol. The number of ether oxygens (including phenoxy) is 3. The van der Waals surface area contributed by atoms with Gasteiger partial charge in [0.2, 0.25) is 0 Å². The van der Waals surface area contributed by atoms with Gasteiger partial charge in [0.25, 0.3) is 5.91 Å². The van der Waals surface area contributed by atoms with E-state index >= 15 is 0 Å². The second kappa shape index (κ2) is 9.62. The summed E-state index contributed by atoms with van der Waals surface area (Å²) in [6.07, 6.45) is 4.79. The Morgan fingerprint density at radius 2 is 1.87 bits per heavy atom. The van der Waals surface area contributed by atoms with Crippen LogP contribution in [0.5, 0.6) is 5.75 Å². The third-order valence-electron chi connectivity index (χ3n) is 4.86. The Bertz CT molecular complexity index is 969. The lowest BCUT2D eigenvalue weighted by molar-refractivity contribution is -0.119. The first-order chi connectivity index (χ1) is 14.4. The normalized spacial score (nSPS) is 13.0. The van der Waals surface area contributed by atoms with Gasteiger partial charge in [0.05, 0.1) is 31.0 Å². The van der Waals surface area contributed by atoms with Crippen LogP contribution in [-0.2, 0) is 27.1 Å². The van der Waals surface area contributed by atoms with Crippen LogP contribution < -0.4 is 15.8 Å². The molecule has 1 aromatic heterocycles. The zero-order valence-corrected chi connectivity index (χ0v) is 17.7. The number of aryl methyl sites for hydroxylation is 1. The summed E-state index contributed by atoms with van der Waals surface area (Å²) < 4.78 is 15.0. The number of nitrogen functional groups attached to an aromatic ring is 1. The van der Waals surface area contributed by atoms with Gasteiger partial charge in [0.15, 0.2) is 6.61 Å². The molecule has 1 amide bonds. The first kappa shape index (κ1) is 21.6. The number of fused-ring (bicyclic) bond motifs is 1. The molecule has 1 aliphatic carbocycles. The van der Waals surface area contributed by atoms with Crippen LogP contribution in [0, 0.1) is 0 Å². The van der Waals surface area contributed by atoms with Crippen molar-refractivity contribution in [1.29, 1.82) is 0 Å². The van der Waals surface area contributed by atoms with Gasteiger partial charge in [-0.3, -0.25) is 4.79 Å². The number of amides is 1. The Kier molecular flexibility index (Phi) is 6.94. The average Bonchev–Trinajstić information content (AvgIpc) is 2.91. The number of rotatable bonds is 6. The summed E-state index contributed by atoms with van der Waals surface area (Å²) in [6.45, 7) is -0.492. The van der Waals surface area contributed by atoms with Crippen molar-refractivity contribution in [3.05, 3.63) is 39.8 Å². The second-order valence-electron chi connectivity index (χ2n) is 6.84. The quantitative estimate of drug-likeness (QED) is 0.409. The molecule has 0 fully saturated rings. The van der Waals surface area contributed by atoms with Crippen molar-refractivity contribution in [1.82, 2.24) is 0 Å². The number of anilines is 2. The van der Waals surface area contributed by atoms with Crippen LogP contribution in [0.4, 0.5) is 10.7 Å². The van der Waals surface area contributed by atoms with Gasteiger partial charge in [-0.25, -0.2) is 9.59 Å². The maximum absolute atomic E-state index is 12.4. The van der Waals surface area contributed by atoms with Crippen molar-refractivity contribution >= 4 is 39.9 Å². The van der Waals surface area contributed by atoms with Gasteiger partial charge < -0.3 is 25.3 Å². The summed E-state index contributed by atoms with van der Waals surface area (Å²) in [5, 5.41) is 3.13. The van der Waals surface area contributed by atoms with Gasteiger partial charge in [-0.1, -0.05) is 6.42 Å². The van der Waals surface area contributed by atoms with Gasteiger partial charge in [-0.2, -0.15) is 0 Å². The third kappa shape index (κ3) is 4.73. The van der Waals surface area contributed by atoms with Gasteiger partial charge in [-0.15, -0.1) is 11.3 Å². The molecule has 8 nitrogen and oxygen atoms in total. The molecule has 1 heterocycles. The number of carbonyl (C=O) groups is 3. The van der Waals surface area contributed by atoms with Crippen molar-refractivity contribution in [2.75, 3.05) is 31.9 Å². The zero-order chi connectivity index (χ0) is 21.7. The van der Waals surface area contributed by atoms with E-state index in [9.17, 15) is 14.4 Å². The Balaban J connectivity index is 1.68. The van der Waals surface area contributed by atoms with Crippen molar-refractivity contribution in [2.24, 2.45) is 0 Å². The number of esters is 2. The van der Waals surface area contributed by atoms with E-state index < -0.39 is 24.5 Å². The average molecular weight is 432 g/mol. The molecule has 1 aliphatic rings. The first-order valence-electron chi connectivity index (χ1n) is 9.58. The lowest BCUT2D eigenvalue weighted by Gasteiger charge is -2.09. The van der Waals surface area contributed by atoms with Crippen LogP contribution in [-0.4, -0.2) is 38.7 Å². The highest BCUT2D eigenvalue weighted by molar-refractivity contribution is 7.17. The fourth-order valence-electron chi connectivity index (χ4n) is 3.39. The molecular formula is C21H24N2O6S. The lowest BCUT2D eigenvalue weighted by atomic mass is 10.1. The lowest BCUT2D eigenvalue weighted by Crippen LogP contribution is -2.21. The Morgan fingerprint density at radius 3 is 2.57 bits per heavy atom. The third-order valence-corrected chi connectivity index (χ3v) is 6.07. The molecule has 0 atom stereocenters. The van der Waals surface area contributed by atoms with E-state index in [0.29, 0.717) is 22.0 Å². The fraction of sp³-hybridized carbons (Fsp3) is 0.381. The molecule has 0 saturated carbocycles. The monoisotopic (exact) mass is 432 g/mol. The molecule has 160 valence electrons. The molecule has 1 aromatic carbocycles. The Hall–Kier alpha value is -3.07. The summed E-state index contributed by atoms with van der Waals surface area (Å²) in [7, 11) is 2.79. The van der Waals surface area contributed by atoms with Crippen molar-refractivity contribution in [3.63, 3.8) is 0 Å². The largest absolute Gasteiger partial charge is 0.495 e. The minimum Gasteiger partial charge on any atom is -0.495 e. The maximum atomic E-state index is 12.4. The topological polar surface area (TPSA) is 117 Å². The van der Waals surface area contributed by atoms with Crippen LogP contribution in [0.15, 0.2) is 18.2 Å². The first-order valence-corrected chi connectivity index (χ1v) is 10.4. The second-order valence-corrected chi connectivity index (χ2v) is 7.95. The molecule has 0 saturated heterocycles. The van der Waals surface area contributed by atoms with Crippen LogP contribution in [0.1, 0.15) is 50.4 Å². The van der Waals surface area contributed by atoms with Crippen LogP contribution >= 0.6 is 11.3 Å². The highest BCUT2D eigenvalue weighted by atomic mass is 32.1. The molecule has 9 heteroatoms. The number of carbonyl (C=O) groups excluding carboxylic acids is 3. The molecule has 3 N–H and O–H groups in total. The number of hydrogen-bond donors (Lipinski definition) is 2. The Morgan fingerprint density at radius 1 is 1.10 bits per heavy atom. The molecule has 0 bridgehead atoms. The molecule has 2 aromatic rings. The van der Waals surface area contributed by atoms with Crippen molar-refractivity contribution in [2.45, 2.75) is 32.1 Å². The summed E-state index contributed by atoms with van der Waals surface area (Å²) in [5.74, 6) is -1.26. The molecule has 3 rings (SSSR count). The van der Waals surface area contributed by atoms with E-state index in [0.717, 1.165) is 42.5 Å². The van der Waals surface area contributed by atoms with Gasteiger partial charge in [-0.05, 0) is 49.4 Å². The minimum absolute atomic E-state index is 0.208. The zero-order valence-electron chi connectivity index (χ0n) is 16.9. The van der Waals surface area contributed by atoms with Crippen LogP contribution in [0.3, 0.4) is 0 Å². The summed E-state index contributed by atoms with van der Waals surface area (Å²) in [4.78, 5) is 38.0. The molecular weight excluding hydrogens is 408 g/mol. The number of methoxy groups -OCH3 is 2. The highest BCUT2D eigenvalue weighted by Gasteiger charge is 2.26. The Labute approximate surface area is 178 Å². The van der Waals surface area contributed by atoms with Crippen molar-refractivity contribution < 1.29 is 28.6 Å². The standard InChI is InChI=1S/C21H24N2O6S/c1-27-15-9-8-12(10-14(15)22)20(25)29-11-17(24)23-19-18(21(26)28-2)13-6-4-3-5-7-16(13)30-19/h8-10H,3-7,11,22H2,1-2H3,(H,23,24). The number of benzene rings is 1. The van der Waals surface area contributed by atoms with E-state index in [1.807, 2.05) is 0 Å². The maximum Gasteiger partial charge on any atom is 0.341 e. The van der Waals surface area contributed by atoms with E-state index in [1.165, 1.54) is 37.7 Å². The minimum atomic E-state index is -0.686. The number of nitrogens with one attached hydrogen (secondary N) is 1. The van der Waals surface area contributed by atoms with Crippen molar-refractivity contribution in [3.8, 4) is 5.75 Å². The van der Waals surface area contributed by atoms with E-state index in [1.54, 1.807) is 6.07 Å². The number of hydrogen-bond acceptors (Lipinski definition) is 8. The number of nitrogens with two attached hydrogens (primary N) is 1. The molecule has 0 spiro atoms. The van der Waals surface area contributed by atoms with E-state index in [-0.39, 0.29) is 5.56 Å². The predicted octanol–water partition coefficient (Wildman–Crippen LogP) is 3.19. The molecule has 0 unspecified atom stereocenters.